The quantitative estimate of drug-likeness (QED) is 0.510. The molecule has 2 aromatic rings. The van der Waals surface area contributed by atoms with Crippen molar-refractivity contribution in [2.24, 2.45) is 0 Å². The molecule has 0 spiro atoms. The number of carbonyl (C=O) groups excluding carboxylic acids is 2. The molecule has 2 atom stereocenters. The fourth-order valence-corrected chi connectivity index (χ4v) is 5.19. The molecule has 1 amide bonds. The zero-order valence-electron chi connectivity index (χ0n) is 16.7. The van der Waals surface area contributed by atoms with Crippen LogP contribution in [-0.4, -0.2) is 44.3 Å². The van der Waals surface area contributed by atoms with Gasteiger partial charge in [0.15, 0.2) is 0 Å². The molecule has 160 valence electrons. The van der Waals surface area contributed by atoms with Gasteiger partial charge >= 0.3 is 5.97 Å². The third-order valence-corrected chi connectivity index (χ3v) is 7.03. The Morgan fingerprint density at radius 1 is 1.17 bits per heavy atom. The molecule has 30 heavy (non-hydrogen) atoms. The summed E-state index contributed by atoms with van der Waals surface area (Å²) in [5.41, 5.74) is 6.96. The molecule has 1 saturated heterocycles. The highest BCUT2D eigenvalue weighted by Gasteiger charge is 2.40. The van der Waals surface area contributed by atoms with Crippen molar-refractivity contribution < 1.29 is 22.7 Å². The van der Waals surface area contributed by atoms with Gasteiger partial charge in [-0.2, -0.15) is 4.31 Å². The van der Waals surface area contributed by atoms with Gasteiger partial charge in [0, 0.05) is 12.2 Å². The van der Waals surface area contributed by atoms with Gasteiger partial charge in [-0.15, -0.1) is 0 Å². The van der Waals surface area contributed by atoms with Crippen molar-refractivity contribution in [1.82, 2.24) is 9.62 Å². The minimum absolute atomic E-state index is 0.0791. The predicted molar refractivity (Wildman–Crippen MR) is 112 cm³/mol. The monoisotopic (exact) mass is 431 g/mol. The number of nitrogen functional groups attached to an aromatic ring is 1. The number of carbonyl (C=O) groups is 2. The zero-order chi connectivity index (χ0) is 21.7. The molecule has 1 aliphatic rings. The van der Waals surface area contributed by atoms with Gasteiger partial charge in [-0.1, -0.05) is 30.3 Å². The smallest absolute Gasteiger partial charge is 0.307 e. The Labute approximate surface area is 176 Å². The van der Waals surface area contributed by atoms with E-state index in [0.717, 1.165) is 0 Å². The van der Waals surface area contributed by atoms with Gasteiger partial charge in [0.1, 0.15) is 6.04 Å². The molecule has 1 fully saturated rings. The molecule has 1 aliphatic heterocycles. The molecule has 1 heterocycles. The van der Waals surface area contributed by atoms with Crippen molar-refractivity contribution in [3.05, 3.63) is 60.2 Å². The predicted octanol–water partition coefficient (Wildman–Crippen LogP) is 1.84. The van der Waals surface area contributed by atoms with Gasteiger partial charge in [0.25, 0.3) is 0 Å². The number of methoxy groups -OCH3 is 1. The second-order valence-electron chi connectivity index (χ2n) is 7.09. The number of amides is 1. The van der Waals surface area contributed by atoms with E-state index in [1.807, 2.05) is 0 Å². The number of ether oxygens (including phenoxy) is 1. The van der Waals surface area contributed by atoms with Crippen LogP contribution >= 0.6 is 0 Å². The van der Waals surface area contributed by atoms with Gasteiger partial charge in [0.2, 0.25) is 15.9 Å². The van der Waals surface area contributed by atoms with Crippen LogP contribution in [0, 0.1) is 0 Å². The Hall–Kier alpha value is -2.91. The van der Waals surface area contributed by atoms with E-state index in [0.29, 0.717) is 24.1 Å². The van der Waals surface area contributed by atoms with E-state index in [-0.39, 0.29) is 17.9 Å². The van der Waals surface area contributed by atoms with E-state index in [4.69, 9.17) is 10.5 Å². The van der Waals surface area contributed by atoms with Crippen molar-refractivity contribution in [3.8, 4) is 0 Å². The van der Waals surface area contributed by atoms with Gasteiger partial charge in [0.05, 0.1) is 24.5 Å². The average molecular weight is 432 g/mol. The summed E-state index contributed by atoms with van der Waals surface area (Å²) < 4.78 is 32.0. The average Bonchev–Trinajstić information content (AvgIpc) is 3.25. The van der Waals surface area contributed by atoms with Crippen LogP contribution in [0.5, 0.6) is 0 Å². The van der Waals surface area contributed by atoms with E-state index >= 15 is 0 Å². The summed E-state index contributed by atoms with van der Waals surface area (Å²) in [6.45, 7) is 0.263. The number of nitrogens with two attached hydrogens (primary N) is 1. The number of nitrogens with one attached hydrogen (secondary N) is 1. The largest absolute Gasteiger partial charge is 0.469 e. The topological polar surface area (TPSA) is 119 Å². The maximum absolute atomic E-state index is 13.1. The lowest BCUT2D eigenvalue weighted by atomic mass is 10.0. The van der Waals surface area contributed by atoms with Crippen LogP contribution < -0.4 is 11.1 Å². The molecule has 0 radical (unpaired) electrons. The van der Waals surface area contributed by atoms with Crippen molar-refractivity contribution in [1.29, 1.82) is 0 Å². The number of nitrogens with zero attached hydrogens (tertiary/aromatic N) is 1. The van der Waals surface area contributed by atoms with E-state index in [1.165, 1.54) is 23.5 Å². The lowest BCUT2D eigenvalue weighted by Crippen LogP contribution is -2.47. The van der Waals surface area contributed by atoms with Crippen LogP contribution in [0.3, 0.4) is 0 Å². The van der Waals surface area contributed by atoms with Crippen molar-refractivity contribution in [2.45, 2.75) is 36.2 Å². The minimum atomic E-state index is -3.80. The van der Waals surface area contributed by atoms with E-state index < -0.39 is 34.0 Å². The lowest BCUT2D eigenvalue weighted by molar-refractivity contribution is -0.141. The first kappa shape index (κ1) is 21.8. The molecule has 0 saturated carbocycles. The number of hydrogen-bond acceptors (Lipinski definition) is 6. The Kier molecular flexibility index (Phi) is 6.73. The summed E-state index contributed by atoms with van der Waals surface area (Å²) in [5, 5.41) is 2.83. The Morgan fingerprint density at radius 2 is 1.83 bits per heavy atom. The van der Waals surface area contributed by atoms with Crippen LogP contribution in [0.1, 0.15) is 30.9 Å². The summed E-state index contributed by atoms with van der Waals surface area (Å²) >= 11 is 0. The number of rotatable bonds is 7. The van der Waals surface area contributed by atoms with Gasteiger partial charge in [-0.25, -0.2) is 8.42 Å². The van der Waals surface area contributed by atoms with E-state index in [1.54, 1.807) is 42.5 Å². The fourth-order valence-electron chi connectivity index (χ4n) is 3.52. The summed E-state index contributed by atoms with van der Waals surface area (Å²) in [4.78, 5) is 25.1. The van der Waals surface area contributed by atoms with Crippen LogP contribution in [0.4, 0.5) is 5.69 Å². The van der Waals surface area contributed by atoms with Crippen LogP contribution in [0.15, 0.2) is 59.5 Å². The standard InChI is InChI=1S/C21H25N3O5S/c1-29-20(25)14-18(15-9-11-16(22)12-10-15)23-21(26)19-8-5-13-24(19)30(27,28)17-6-3-2-4-7-17/h2-4,6-7,9-12,18-19H,5,8,13-14,22H2,1H3,(H,23,26)/t18?,19-/m0/s1. The van der Waals surface area contributed by atoms with Crippen molar-refractivity contribution in [3.63, 3.8) is 0 Å². The van der Waals surface area contributed by atoms with Crippen molar-refractivity contribution in [2.75, 3.05) is 19.4 Å². The fraction of sp³-hybridized carbons (Fsp3) is 0.333. The second kappa shape index (κ2) is 9.27. The number of anilines is 1. The summed E-state index contributed by atoms with van der Waals surface area (Å²) in [6.07, 6.45) is 0.905. The van der Waals surface area contributed by atoms with Gasteiger partial charge in [-0.05, 0) is 42.7 Å². The van der Waals surface area contributed by atoms with Crippen LogP contribution in [0.2, 0.25) is 0 Å². The highest BCUT2D eigenvalue weighted by atomic mass is 32.2. The number of sulfonamides is 1. The number of hydrogen-bond donors (Lipinski definition) is 2. The Balaban J connectivity index is 1.82. The highest BCUT2D eigenvalue weighted by molar-refractivity contribution is 7.89. The van der Waals surface area contributed by atoms with E-state index in [2.05, 4.69) is 5.32 Å². The SMILES string of the molecule is COC(=O)CC(NC(=O)[C@@H]1CCCN1S(=O)(=O)c1ccccc1)c1ccc(N)cc1. The lowest BCUT2D eigenvalue weighted by Gasteiger charge is -2.26. The molecule has 9 heteroatoms. The van der Waals surface area contributed by atoms with Crippen LogP contribution in [0.25, 0.3) is 0 Å². The molecule has 0 aromatic heterocycles. The maximum atomic E-state index is 13.1. The summed E-state index contributed by atoms with van der Waals surface area (Å²) in [5.74, 6) is -0.935. The molecule has 2 aromatic carbocycles. The second-order valence-corrected chi connectivity index (χ2v) is 8.99. The first-order valence-electron chi connectivity index (χ1n) is 9.62. The number of benzene rings is 2. The molecular weight excluding hydrogens is 406 g/mol. The molecule has 8 nitrogen and oxygen atoms in total. The first-order valence-corrected chi connectivity index (χ1v) is 11.1. The Bertz CT molecular complexity index is 993. The maximum Gasteiger partial charge on any atom is 0.307 e. The molecule has 0 bridgehead atoms. The molecule has 3 rings (SSSR count). The third-order valence-electron chi connectivity index (χ3n) is 5.11. The zero-order valence-corrected chi connectivity index (χ0v) is 17.5. The molecule has 0 aliphatic carbocycles. The summed E-state index contributed by atoms with van der Waals surface area (Å²) in [7, 11) is -2.53. The molecule has 3 N–H and O–H groups in total. The van der Waals surface area contributed by atoms with Gasteiger partial charge in [-0.3, -0.25) is 9.59 Å². The third kappa shape index (κ3) is 4.80. The van der Waals surface area contributed by atoms with E-state index in [9.17, 15) is 18.0 Å². The van der Waals surface area contributed by atoms with Crippen molar-refractivity contribution >= 4 is 27.6 Å². The Morgan fingerprint density at radius 3 is 2.47 bits per heavy atom. The van der Waals surface area contributed by atoms with Gasteiger partial charge < -0.3 is 15.8 Å². The first-order chi connectivity index (χ1) is 14.3. The highest BCUT2D eigenvalue weighted by Crippen LogP contribution is 2.27. The summed E-state index contributed by atoms with van der Waals surface area (Å²) in [6, 6.07) is 13.3. The normalized spacial score (nSPS) is 18.0. The molecule has 1 unspecified atom stereocenters. The van der Waals surface area contributed by atoms with Crippen LogP contribution in [-0.2, 0) is 24.3 Å². The molecular formula is C21H25N3O5S. The number of esters is 1. The minimum Gasteiger partial charge on any atom is -0.469 e.